The van der Waals surface area contributed by atoms with Gasteiger partial charge in [0, 0.05) is 40.1 Å². The molecule has 0 radical (unpaired) electrons. The summed E-state index contributed by atoms with van der Waals surface area (Å²) in [7, 11) is 1.39. The summed E-state index contributed by atoms with van der Waals surface area (Å²) >= 11 is 0. The van der Waals surface area contributed by atoms with Crippen molar-refractivity contribution in [1.82, 2.24) is 14.8 Å². The molecule has 0 spiro atoms. The van der Waals surface area contributed by atoms with E-state index in [2.05, 4.69) is 16.3 Å². The first-order valence-electron chi connectivity index (χ1n) is 12.7. The number of benzene rings is 2. The lowest BCUT2D eigenvalue weighted by Gasteiger charge is -2.36. The van der Waals surface area contributed by atoms with Crippen LogP contribution in [0.1, 0.15) is 70.1 Å². The molecule has 2 heterocycles. The van der Waals surface area contributed by atoms with Crippen LogP contribution >= 0.6 is 0 Å². The highest BCUT2D eigenvalue weighted by atomic mass is 19.1. The van der Waals surface area contributed by atoms with Crippen LogP contribution in [0.2, 0.25) is 0 Å². The van der Waals surface area contributed by atoms with Gasteiger partial charge in [-0.3, -0.25) is 9.89 Å². The van der Waals surface area contributed by atoms with Crippen LogP contribution < -0.4 is 4.74 Å². The normalized spacial score (nSPS) is 20.1. The number of nitrogens with one attached hydrogen (secondary N) is 1. The van der Waals surface area contributed by atoms with E-state index in [-0.39, 0.29) is 23.6 Å². The Morgan fingerprint density at radius 2 is 2.03 bits per heavy atom. The van der Waals surface area contributed by atoms with Gasteiger partial charge in [-0.1, -0.05) is 13.8 Å². The molecule has 0 unspecified atom stereocenters. The first-order chi connectivity index (χ1) is 18.0. The molecular weight excluding hydrogens is 490 g/mol. The predicted octanol–water partition coefficient (Wildman–Crippen LogP) is 6.73. The molecule has 0 saturated heterocycles. The maximum atomic E-state index is 16.4. The number of rotatable bonds is 6. The summed E-state index contributed by atoms with van der Waals surface area (Å²) in [6, 6.07) is 8.63. The number of hydrogen-bond acceptors (Lipinski definition) is 4. The van der Waals surface area contributed by atoms with Crippen molar-refractivity contribution in [3.63, 3.8) is 0 Å². The van der Waals surface area contributed by atoms with Crippen molar-refractivity contribution in [2.24, 2.45) is 5.41 Å². The van der Waals surface area contributed by atoms with E-state index in [1.807, 2.05) is 24.5 Å². The van der Waals surface area contributed by atoms with Gasteiger partial charge in [-0.05, 0) is 62.3 Å². The van der Waals surface area contributed by atoms with Crippen LogP contribution in [0, 0.1) is 28.4 Å². The molecule has 7 nitrogen and oxygen atoms in total. The zero-order valence-corrected chi connectivity index (χ0v) is 21.9. The number of carboxylic acids is 1. The van der Waals surface area contributed by atoms with Crippen molar-refractivity contribution < 1.29 is 23.4 Å². The molecule has 1 saturated carbocycles. The van der Waals surface area contributed by atoms with Gasteiger partial charge in [0.1, 0.15) is 5.52 Å². The Kier molecular flexibility index (Phi) is 6.17. The van der Waals surface area contributed by atoms with Crippen LogP contribution in [0.15, 0.2) is 30.5 Å². The lowest BCUT2D eigenvalue weighted by atomic mass is 9.68. The molecule has 0 amide bonds. The van der Waals surface area contributed by atoms with Crippen LogP contribution in [-0.4, -0.2) is 33.0 Å². The van der Waals surface area contributed by atoms with Crippen LogP contribution in [0.25, 0.3) is 27.5 Å². The van der Waals surface area contributed by atoms with Crippen molar-refractivity contribution in [2.45, 2.75) is 64.2 Å². The third-order valence-electron chi connectivity index (χ3n) is 8.21. The fraction of sp³-hybridized carbons (Fsp3) is 0.414. The molecule has 0 aliphatic heterocycles. The summed E-state index contributed by atoms with van der Waals surface area (Å²) in [6.07, 6.45) is 3.75. The standard InChI is InChI=1S/C29H30F2N4O3/c1-28(2,11-12-32)26-22(16-7-9-29(3,10-8-16)27(36)37)23-20(13-17-15-33-34-25(17)24(23)31)35(26)18-5-6-19(30)21(14-18)38-4/h5-6,13-16H,7-11H2,1-4H3,(H,33,34)(H,36,37)/t16-,29-. The number of halogens is 2. The molecule has 1 aliphatic carbocycles. The van der Waals surface area contributed by atoms with E-state index in [1.165, 1.54) is 13.2 Å². The summed E-state index contributed by atoms with van der Waals surface area (Å²) in [6.45, 7) is 5.65. The molecule has 0 bridgehead atoms. The Morgan fingerprint density at radius 3 is 2.66 bits per heavy atom. The smallest absolute Gasteiger partial charge is 0.309 e. The number of carbonyl (C=O) groups is 1. The highest BCUT2D eigenvalue weighted by molar-refractivity contribution is 6.00. The molecule has 1 fully saturated rings. The number of aromatic amines is 1. The molecule has 2 N–H and O–H groups in total. The predicted molar refractivity (Wildman–Crippen MR) is 140 cm³/mol. The van der Waals surface area contributed by atoms with Gasteiger partial charge in [-0.25, -0.2) is 8.78 Å². The Labute approximate surface area is 219 Å². The lowest BCUT2D eigenvalue weighted by molar-refractivity contribution is -0.149. The summed E-state index contributed by atoms with van der Waals surface area (Å²) in [5.41, 5.74) is 1.41. The van der Waals surface area contributed by atoms with Gasteiger partial charge in [0.2, 0.25) is 0 Å². The number of hydrogen-bond donors (Lipinski definition) is 2. The molecule has 198 valence electrons. The molecule has 4 aromatic rings. The van der Waals surface area contributed by atoms with Gasteiger partial charge in [-0.15, -0.1) is 0 Å². The number of ether oxygens (including phenoxy) is 1. The first-order valence-corrected chi connectivity index (χ1v) is 12.7. The average Bonchev–Trinajstić information content (AvgIpc) is 3.49. The zero-order chi connectivity index (χ0) is 27.4. The number of nitrogens with zero attached hydrogens (tertiary/aromatic N) is 3. The van der Waals surface area contributed by atoms with Crippen molar-refractivity contribution in [1.29, 1.82) is 5.26 Å². The van der Waals surface area contributed by atoms with E-state index in [9.17, 15) is 19.6 Å². The molecule has 9 heteroatoms. The molecular formula is C29H30F2N4O3. The van der Waals surface area contributed by atoms with Crippen LogP contribution in [-0.2, 0) is 10.2 Å². The molecule has 1 aliphatic rings. The lowest BCUT2D eigenvalue weighted by Crippen LogP contribution is -2.32. The number of fused-ring (bicyclic) bond motifs is 2. The van der Waals surface area contributed by atoms with E-state index in [0.717, 1.165) is 11.3 Å². The maximum absolute atomic E-state index is 16.4. The Hall–Kier alpha value is -3.93. The molecule has 2 aromatic carbocycles. The molecule has 2 aromatic heterocycles. The minimum absolute atomic E-state index is 0.0506. The van der Waals surface area contributed by atoms with E-state index >= 15 is 4.39 Å². The van der Waals surface area contributed by atoms with Gasteiger partial charge in [-0.2, -0.15) is 10.4 Å². The molecule has 38 heavy (non-hydrogen) atoms. The number of aliphatic carboxylic acids is 1. The van der Waals surface area contributed by atoms with Crippen LogP contribution in [0.3, 0.4) is 0 Å². The second-order valence-electron chi connectivity index (χ2n) is 11.2. The summed E-state index contributed by atoms with van der Waals surface area (Å²) < 4.78 is 37.9. The third-order valence-corrected chi connectivity index (χ3v) is 8.21. The average molecular weight is 521 g/mol. The van der Waals surface area contributed by atoms with Crippen LogP contribution in [0.5, 0.6) is 5.75 Å². The maximum Gasteiger partial charge on any atom is 0.309 e. The minimum Gasteiger partial charge on any atom is -0.494 e. The summed E-state index contributed by atoms with van der Waals surface area (Å²) in [5.74, 6) is -1.87. The van der Waals surface area contributed by atoms with E-state index < -0.39 is 28.4 Å². The first kappa shape index (κ1) is 25.7. The largest absolute Gasteiger partial charge is 0.494 e. The highest BCUT2D eigenvalue weighted by Crippen LogP contribution is 2.50. The monoisotopic (exact) mass is 520 g/mol. The number of nitriles is 1. The van der Waals surface area contributed by atoms with E-state index in [1.54, 1.807) is 25.3 Å². The van der Waals surface area contributed by atoms with Crippen LogP contribution in [0.4, 0.5) is 8.78 Å². The number of aromatic nitrogens is 3. The van der Waals surface area contributed by atoms with Gasteiger partial charge in [0.25, 0.3) is 0 Å². The van der Waals surface area contributed by atoms with Crippen molar-refractivity contribution in [3.8, 4) is 17.5 Å². The van der Waals surface area contributed by atoms with Crippen molar-refractivity contribution in [2.75, 3.05) is 7.11 Å². The topological polar surface area (TPSA) is 104 Å². The number of carboxylic acid groups (broad SMARTS) is 1. The Balaban J connectivity index is 1.88. The fourth-order valence-corrected chi connectivity index (χ4v) is 5.99. The highest BCUT2D eigenvalue weighted by Gasteiger charge is 2.42. The zero-order valence-electron chi connectivity index (χ0n) is 21.9. The van der Waals surface area contributed by atoms with E-state index in [4.69, 9.17) is 4.74 Å². The van der Waals surface area contributed by atoms with Gasteiger partial charge >= 0.3 is 5.97 Å². The van der Waals surface area contributed by atoms with Gasteiger partial charge in [0.05, 0.1) is 30.3 Å². The quantitative estimate of drug-likeness (QED) is 0.293. The second-order valence-corrected chi connectivity index (χ2v) is 11.2. The number of methoxy groups -OCH3 is 1. The summed E-state index contributed by atoms with van der Waals surface area (Å²) in [4.78, 5) is 11.9. The van der Waals surface area contributed by atoms with Crippen molar-refractivity contribution >= 4 is 27.8 Å². The number of H-pyrrole nitrogens is 1. The Bertz CT molecular complexity index is 1600. The van der Waals surface area contributed by atoms with Gasteiger partial charge < -0.3 is 14.4 Å². The van der Waals surface area contributed by atoms with Crippen molar-refractivity contribution in [3.05, 3.63) is 53.4 Å². The SMILES string of the molecule is COc1cc(-n2c(C(C)(C)CC#N)c([C@H]3CC[C@](C)(C(=O)O)CC3)c3c(F)c4[nH]ncc4cc32)ccc1F. The fourth-order valence-electron chi connectivity index (χ4n) is 5.99. The molecule has 5 rings (SSSR count). The molecule has 0 atom stereocenters. The minimum atomic E-state index is -0.837. The Morgan fingerprint density at radius 1 is 1.32 bits per heavy atom. The van der Waals surface area contributed by atoms with Gasteiger partial charge in [0.15, 0.2) is 17.4 Å². The summed E-state index contributed by atoms with van der Waals surface area (Å²) in [5, 5.41) is 27.3. The second kappa shape index (κ2) is 9.12. The van der Waals surface area contributed by atoms with E-state index in [0.29, 0.717) is 47.7 Å². The third kappa shape index (κ3) is 3.90.